The molecule has 1 amide bonds. The van der Waals surface area contributed by atoms with E-state index >= 15 is 0 Å². The third kappa shape index (κ3) is 4.60. The number of nitrogens with zero attached hydrogens (tertiary/aromatic N) is 2. The molecule has 29 heavy (non-hydrogen) atoms. The Hall–Kier alpha value is -3.68. The number of hydrogen-bond acceptors (Lipinski definition) is 6. The van der Waals surface area contributed by atoms with E-state index in [9.17, 15) is 14.4 Å². The van der Waals surface area contributed by atoms with Crippen molar-refractivity contribution in [1.82, 2.24) is 15.1 Å². The zero-order valence-electron chi connectivity index (χ0n) is 15.5. The molecule has 148 valence electrons. The van der Waals surface area contributed by atoms with Gasteiger partial charge >= 0.3 is 11.7 Å². The molecule has 1 heterocycles. The molecule has 1 atom stereocenters. The Morgan fingerprint density at radius 2 is 1.76 bits per heavy atom. The standard InChI is InChI=1S/C21H19N3O5/c25-17(13-24-21(27)29-20(23-24)15-9-5-2-6-10-15)28-18(14-7-3-1-4-8-14)19(26)22-16-11-12-16/h1-10,16,18H,11-13H2,(H,22,26)/t18-/m1/s1. The first-order chi connectivity index (χ1) is 14.1. The SMILES string of the molecule is O=C(Cn1nc(-c2ccccc2)oc1=O)O[C@@H](C(=O)NC1CC1)c1ccccc1. The van der Waals surface area contributed by atoms with Gasteiger partial charge in [0.25, 0.3) is 5.91 Å². The lowest BCUT2D eigenvalue weighted by molar-refractivity contribution is -0.157. The van der Waals surface area contributed by atoms with E-state index in [-0.39, 0.29) is 17.8 Å². The number of benzene rings is 2. The van der Waals surface area contributed by atoms with Crippen LogP contribution >= 0.6 is 0 Å². The summed E-state index contributed by atoms with van der Waals surface area (Å²) >= 11 is 0. The van der Waals surface area contributed by atoms with Crippen LogP contribution in [0.4, 0.5) is 0 Å². The van der Waals surface area contributed by atoms with Crippen LogP contribution in [0.1, 0.15) is 24.5 Å². The number of aromatic nitrogens is 2. The Morgan fingerprint density at radius 1 is 1.10 bits per heavy atom. The van der Waals surface area contributed by atoms with Crippen LogP contribution < -0.4 is 11.1 Å². The van der Waals surface area contributed by atoms with Gasteiger partial charge in [-0.05, 0) is 25.0 Å². The summed E-state index contributed by atoms with van der Waals surface area (Å²) in [5.41, 5.74) is 1.17. The van der Waals surface area contributed by atoms with Crippen molar-refractivity contribution in [3.05, 3.63) is 76.8 Å². The van der Waals surface area contributed by atoms with Gasteiger partial charge in [0, 0.05) is 17.2 Å². The smallest absolute Gasteiger partial charge is 0.437 e. The minimum Gasteiger partial charge on any atom is -0.446 e. The Morgan fingerprint density at radius 3 is 2.41 bits per heavy atom. The number of rotatable bonds is 7. The van der Waals surface area contributed by atoms with E-state index in [1.807, 2.05) is 6.07 Å². The number of amides is 1. The molecule has 8 heteroatoms. The van der Waals surface area contributed by atoms with Crippen LogP contribution in [0.5, 0.6) is 0 Å². The predicted octanol–water partition coefficient (Wildman–Crippen LogP) is 2.07. The molecule has 1 N–H and O–H groups in total. The predicted molar refractivity (Wildman–Crippen MR) is 103 cm³/mol. The van der Waals surface area contributed by atoms with Crippen molar-refractivity contribution in [3.8, 4) is 11.5 Å². The Kier molecular flexibility index (Phi) is 5.24. The molecule has 3 aromatic rings. The van der Waals surface area contributed by atoms with Crippen LogP contribution in [0.2, 0.25) is 0 Å². The van der Waals surface area contributed by atoms with Crippen molar-refractivity contribution in [2.45, 2.75) is 31.5 Å². The minimum absolute atomic E-state index is 0.106. The van der Waals surface area contributed by atoms with E-state index in [1.54, 1.807) is 54.6 Å². The van der Waals surface area contributed by atoms with Crippen molar-refractivity contribution in [2.24, 2.45) is 0 Å². The minimum atomic E-state index is -1.10. The molecule has 1 aliphatic rings. The van der Waals surface area contributed by atoms with Gasteiger partial charge in [0.15, 0.2) is 0 Å². The molecule has 0 radical (unpaired) electrons. The highest BCUT2D eigenvalue weighted by Gasteiger charge is 2.31. The lowest BCUT2D eigenvalue weighted by atomic mass is 10.1. The Labute approximate surface area is 166 Å². The molecule has 0 saturated heterocycles. The first-order valence-electron chi connectivity index (χ1n) is 9.28. The highest BCUT2D eigenvalue weighted by molar-refractivity contribution is 5.85. The summed E-state index contributed by atoms with van der Waals surface area (Å²) in [5, 5.41) is 6.88. The van der Waals surface area contributed by atoms with Crippen molar-refractivity contribution in [2.75, 3.05) is 0 Å². The van der Waals surface area contributed by atoms with Crippen LogP contribution in [0.25, 0.3) is 11.5 Å². The van der Waals surface area contributed by atoms with Gasteiger partial charge in [-0.3, -0.25) is 9.59 Å². The maximum absolute atomic E-state index is 12.5. The summed E-state index contributed by atoms with van der Waals surface area (Å²) in [5.74, 6) is -1.82. The Balaban J connectivity index is 1.49. The number of carbonyl (C=O) groups is 2. The fourth-order valence-corrected chi connectivity index (χ4v) is 2.80. The zero-order valence-corrected chi connectivity index (χ0v) is 15.5. The number of esters is 1. The monoisotopic (exact) mass is 393 g/mol. The third-order valence-electron chi connectivity index (χ3n) is 4.42. The van der Waals surface area contributed by atoms with E-state index < -0.39 is 24.4 Å². The molecule has 4 rings (SSSR count). The van der Waals surface area contributed by atoms with Gasteiger partial charge in [0.1, 0.15) is 6.54 Å². The molecule has 1 aliphatic carbocycles. The molecule has 0 bridgehead atoms. The molecule has 0 spiro atoms. The fourth-order valence-electron chi connectivity index (χ4n) is 2.80. The molecular formula is C21H19N3O5. The largest absolute Gasteiger partial charge is 0.446 e. The third-order valence-corrected chi connectivity index (χ3v) is 4.42. The normalized spacial score (nSPS) is 14.2. The average Bonchev–Trinajstić information content (AvgIpc) is 3.48. The summed E-state index contributed by atoms with van der Waals surface area (Å²) in [7, 11) is 0. The Bertz CT molecular complexity index is 1050. The fraction of sp³-hybridized carbons (Fsp3) is 0.238. The molecule has 2 aromatic carbocycles. The van der Waals surface area contributed by atoms with Crippen molar-refractivity contribution in [1.29, 1.82) is 0 Å². The van der Waals surface area contributed by atoms with Gasteiger partial charge in [-0.15, -0.1) is 5.10 Å². The first kappa shape index (κ1) is 18.7. The second-order valence-electron chi connectivity index (χ2n) is 6.76. The second-order valence-corrected chi connectivity index (χ2v) is 6.76. The van der Waals surface area contributed by atoms with Crippen LogP contribution in [0.3, 0.4) is 0 Å². The topological polar surface area (TPSA) is 103 Å². The number of carbonyl (C=O) groups excluding carboxylic acids is 2. The average molecular weight is 393 g/mol. The van der Waals surface area contributed by atoms with Crippen LogP contribution in [0, 0.1) is 0 Å². The maximum atomic E-state index is 12.5. The van der Waals surface area contributed by atoms with E-state index in [1.165, 1.54) is 0 Å². The summed E-state index contributed by atoms with van der Waals surface area (Å²) in [6.07, 6.45) is 0.732. The van der Waals surface area contributed by atoms with Gasteiger partial charge in [-0.2, -0.15) is 4.68 Å². The summed E-state index contributed by atoms with van der Waals surface area (Å²) < 4.78 is 11.4. The van der Waals surface area contributed by atoms with Crippen molar-refractivity contribution in [3.63, 3.8) is 0 Å². The summed E-state index contributed by atoms with van der Waals surface area (Å²) in [6, 6.07) is 17.7. The number of hydrogen-bond donors (Lipinski definition) is 1. The molecule has 1 saturated carbocycles. The van der Waals surface area contributed by atoms with E-state index in [0.717, 1.165) is 17.5 Å². The number of ether oxygens (including phenoxy) is 1. The van der Waals surface area contributed by atoms with E-state index in [4.69, 9.17) is 9.15 Å². The van der Waals surface area contributed by atoms with Gasteiger partial charge in [-0.1, -0.05) is 48.5 Å². The van der Waals surface area contributed by atoms with Gasteiger partial charge in [0.05, 0.1) is 0 Å². The van der Waals surface area contributed by atoms with Gasteiger partial charge < -0.3 is 14.5 Å². The quantitative estimate of drug-likeness (QED) is 0.617. The molecular weight excluding hydrogens is 374 g/mol. The molecule has 1 aromatic heterocycles. The van der Waals surface area contributed by atoms with Crippen molar-refractivity contribution < 1.29 is 18.7 Å². The summed E-state index contributed by atoms with van der Waals surface area (Å²) in [4.78, 5) is 37.0. The van der Waals surface area contributed by atoms with Crippen LogP contribution in [-0.2, 0) is 20.9 Å². The lowest BCUT2D eigenvalue weighted by Crippen LogP contribution is -2.34. The molecule has 1 fully saturated rings. The van der Waals surface area contributed by atoms with E-state index in [2.05, 4.69) is 10.4 Å². The molecule has 0 unspecified atom stereocenters. The maximum Gasteiger partial charge on any atom is 0.437 e. The molecule has 8 nitrogen and oxygen atoms in total. The zero-order chi connectivity index (χ0) is 20.2. The van der Waals surface area contributed by atoms with E-state index in [0.29, 0.717) is 11.1 Å². The highest BCUT2D eigenvalue weighted by atomic mass is 16.5. The first-order valence-corrected chi connectivity index (χ1v) is 9.28. The van der Waals surface area contributed by atoms with Gasteiger partial charge in [0.2, 0.25) is 12.0 Å². The second kappa shape index (κ2) is 8.14. The summed E-state index contributed by atoms with van der Waals surface area (Å²) in [6.45, 7) is -0.463. The number of nitrogens with one attached hydrogen (secondary N) is 1. The highest BCUT2D eigenvalue weighted by Crippen LogP contribution is 2.23. The van der Waals surface area contributed by atoms with Gasteiger partial charge in [-0.25, -0.2) is 4.79 Å². The van der Waals surface area contributed by atoms with Crippen molar-refractivity contribution >= 4 is 11.9 Å². The van der Waals surface area contributed by atoms with Crippen LogP contribution in [0.15, 0.2) is 69.9 Å². The molecule has 0 aliphatic heterocycles. The van der Waals surface area contributed by atoms with Crippen LogP contribution in [-0.4, -0.2) is 27.7 Å². The lowest BCUT2D eigenvalue weighted by Gasteiger charge is -2.17.